The van der Waals surface area contributed by atoms with Crippen LogP contribution in [0, 0.1) is 5.82 Å². The molecule has 0 bridgehead atoms. The summed E-state index contributed by atoms with van der Waals surface area (Å²) in [4.78, 5) is 0. The third kappa shape index (κ3) is 1.63. The fourth-order valence-corrected chi connectivity index (χ4v) is 2.58. The Morgan fingerprint density at radius 3 is 2.82 bits per heavy atom. The molecule has 2 aliphatic rings. The summed E-state index contributed by atoms with van der Waals surface area (Å²) in [6, 6.07) is 3.30. The van der Waals surface area contributed by atoms with Crippen molar-refractivity contribution in [3.05, 3.63) is 29.1 Å². The van der Waals surface area contributed by atoms with Gasteiger partial charge in [-0.15, -0.1) is 0 Å². The van der Waals surface area contributed by atoms with Crippen LogP contribution in [0.2, 0.25) is 0 Å². The van der Waals surface area contributed by atoms with E-state index in [9.17, 15) is 4.39 Å². The number of rotatable bonds is 2. The Hall–Kier alpha value is -1.13. The number of ether oxygens (including phenoxy) is 2. The summed E-state index contributed by atoms with van der Waals surface area (Å²) in [5.41, 5.74) is 7.28. The first kappa shape index (κ1) is 11.0. The summed E-state index contributed by atoms with van der Waals surface area (Å²) in [5, 5.41) is 0. The zero-order valence-electron chi connectivity index (χ0n) is 9.83. The monoisotopic (exact) mass is 237 g/mol. The zero-order valence-corrected chi connectivity index (χ0v) is 9.83. The zero-order chi connectivity index (χ0) is 12.0. The molecule has 3 nitrogen and oxygen atoms in total. The van der Waals surface area contributed by atoms with E-state index >= 15 is 0 Å². The molecule has 1 aromatic rings. The summed E-state index contributed by atoms with van der Waals surface area (Å²) in [5.74, 6) is 0.548. The smallest absolute Gasteiger partial charge is 0.189 e. The largest absolute Gasteiger partial charge is 0.467 e. The van der Waals surface area contributed by atoms with Gasteiger partial charge in [-0.3, -0.25) is 0 Å². The van der Waals surface area contributed by atoms with Crippen LogP contribution in [0.25, 0.3) is 0 Å². The van der Waals surface area contributed by atoms with Gasteiger partial charge in [0, 0.05) is 17.0 Å². The summed E-state index contributed by atoms with van der Waals surface area (Å²) in [7, 11) is 0. The van der Waals surface area contributed by atoms with Gasteiger partial charge in [-0.1, -0.05) is 0 Å². The maximum atomic E-state index is 14.1. The highest BCUT2D eigenvalue weighted by Crippen LogP contribution is 2.52. The molecule has 0 amide bonds. The van der Waals surface area contributed by atoms with Crippen molar-refractivity contribution in [1.82, 2.24) is 0 Å². The van der Waals surface area contributed by atoms with Crippen molar-refractivity contribution in [1.29, 1.82) is 0 Å². The Bertz CT molecular complexity index is 455. The summed E-state index contributed by atoms with van der Waals surface area (Å²) >= 11 is 0. The predicted octanol–water partition coefficient (Wildman–Crippen LogP) is 2.07. The lowest BCUT2D eigenvalue weighted by Crippen LogP contribution is -2.32. The topological polar surface area (TPSA) is 44.5 Å². The maximum absolute atomic E-state index is 14.1. The van der Waals surface area contributed by atoms with Crippen molar-refractivity contribution in [2.75, 3.05) is 6.79 Å². The van der Waals surface area contributed by atoms with Gasteiger partial charge in [0.2, 0.25) is 0 Å². The second kappa shape index (κ2) is 3.68. The standard InChI is InChI=1S/C13H16FNO2/c1-8(15)13(2-3-13)10-5-12-9(4-11(10)14)6-16-7-17-12/h4-5,8H,2-3,6-7,15H2,1H3. The molecule has 0 radical (unpaired) electrons. The van der Waals surface area contributed by atoms with Gasteiger partial charge < -0.3 is 15.2 Å². The number of hydrogen-bond donors (Lipinski definition) is 1. The molecule has 4 heteroatoms. The van der Waals surface area contributed by atoms with Crippen LogP contribution in [0.4, 0.5) is 4.39 Å². The van der Waals surface area contributed by atoms with E-state index in [0.717, 1.165) is 24.2 Å². The lowest BCUT2D eigenvalue weighted by Gasteiger charge is -2.24. The Morgan fingerprint density at radius 1 is 1.41 bits per heavy atom. The average Bonchev–Trinajstić information content (AvgIpc) is 3.09. The minimum Gasteiger partial charge on any atom is -0.467 e. The molecule has 0 spiro atoms. The molecular weight excluding hydrogens is 221 g/mol. The first-order valence-corrected chi connectivity index (χ1v) is 5.92. The van der Waals surface area contributed by atoms with E-state index in [4.69, 9.17) is 15.2 Å². The normalized spacial score (nSPS) is 22.5. The first-order valence-electron chi connectivity index (χ1n) is 5.92. The minimum absolute atomic E-state index is 0.0325. The highest BCUT2D eigenvalue weighted by Gasteiger charge is 2.49. The molecule has 1 aromatic carbocycles. The molecule has 1 aliphatic carbocycles. The highest BCUT2D eigenvalue weighted by atomic mass is 19.1. The fourth-order valence-electron chi connectivity index (χ4n) is 2.58. The Labute approximate surface area is 99.7 Å². The van der Waals surface area contributed by atoms with Crippen LogP contribution in [0.15, 0.2) is 12.1 Å². The third-order valence-electron chi connectivity index (χ3n) is 3.90. The average molecular weight is 237 g/mol. The molecule has 1 unspecified atom stereocenters. The van der Waals surface area contributed by atoms with Crippen molar-refractivity contribution >= 4 is 0 Å². The van der Waals surface area contributed by atoms with Gasteiger partial charge in [-0.05, 0) is 37.5 Å². The quantitative estimate of drug-likeness (QED) is 0.856. The van der Waals surface area contributed by atoms with Crippen LogP contribution in [-0.4, -0.2) is 12.8 Å². The van der Waals surface area contributed by atoms with Crippen LogP contribution in [0.5, 0.6) is 5.75 Å². The van der Waals surface area contributed by atoms with E-state index in [1.165, 1.54) is 6.07 Å². The van der Waals surface area contributed by atoms with Crippen molar-refractivity contribution in [2.24, 2.45) is 5.73 Å². The summed E-state index contributed by atoms with van der Waals surface area (Å²) in [6.45, 7) is 2.59. The Kier molecular flexibility index (Phi) is 2.38. The van der Waals surface area contributed by atoms with Gasteiger partial charge in [-0.25, -0.2) is 4.39 Å². The lowest BCUT2D eigenvalue weighted by molar-refractivity contribution is -0.0167. The van der Waals surface area contributed by atoms with E-state index < -0.39 is 0 Å². The molecule has 0 aromatic heterocycles. The van der Waals surface area contributed by atoms with Gasteiger partial charge in [0.15, 0.2) is 6.79 Å². The second-order valence-corrected chi connectivity index (χ2v) is 5.00. The van der Waals surface area contributed by atoms with Crippen LogP contribution in [0.1, 0.15) is 30.9 Å². The number of hydrogen-bond acceptors (Lipinski definition) is 3. The Morgan fingerprint density at radius 2 is 2.18 bits per heavy atom. The summed E-state index contributed by atoms with van der Waals surface area (Å²) < 4.78 is 24.6. The summed E-state index contributed by atoms with van der Waals surface area (Å²) in [6.07, 6.45) is 1.91. The van der Waals surface area contributed by atoms with Crippen molar-refractivity contribution in [3.8, 4) is 5.75 Å². The predicted molar refractivity (Wildman–Crippen MR) is 61.2 cm³/mol. The fraction of sp³-hybridized carbons (Fsp3) is 0.538. The van der Waals surface area contributed by atoms with E-state index in [1.807, 2.05) is 13.0 Å². The van der Waals surface area contributed by atoms with Crippen LogP contribution in [0.3, 0.4) is 0 Å². The van der Waals surface area contributed by atoms with E-state index in [-0.39, 0.29) is 24.1 Å². The molecule has 1 heterocycles. The van der Waals surface area contributed by atoms with Gasteiger partial charge in [-0.2, -0.15) is 0 Å². The van der Waals surface area contributed by atoms with E-state index in [1.54, 1.807) is 0 Å². The van der Waals surface area contributed by atoms with Gasteiger partial charge in [0.05, 0.1) is 6.61 Å². The Balaban J connectivity index is 2.06. The molecule has 3 rings (SSSR count). The second-order valence-electron chi connectivity index (χ2n) is 5.00. The molecule has 1 saturated carbocycles. The first-order chi connectivity index (χ1) is 8.13. The van der Waals surface area contributed by atoms with Crippen molar-refractivity contribution in [2.45, 2.75) is 37.8 Å². The minimum atomic E-state index is -0.187. The molecular formula is C13H16FNO2. The van der Waals surface area contributed by atoms with Crippen LogP contribution < -0.4 is 10.5 Å². The maximum Gasteiger partial charge on any atom is 0.189 e. The SMILES string of the molecule is CC(N)C1(c2cc3c(cc2F)COCO3)CC1. The molecule has 17 heavy (non-hydrogen) atoms. The number of benzene rings is 1. The van der Waals surface area contributed by atoms with Gasteiger partial charge in [0.25, 0.3) is 0 Å². The molecule has 1 atom stereocenters. The molecule has 1 fully saturated rings. The molecule has 0 saturated heterocycles. The number of nitrogens with two attached hydrogens (primary N) is 1. The third-order valence-corrected chi connectivity index (χ3v) is 3.90. The van der Waals surface area contributed by atoms with Crippen LogP contribution >= 0.6 is 0 Å². The van der Waals surface area contributed by atoms with Crippen molar-refractivity contribution in [3.63, 3.8) is 0 Å². The van der Waals surface area contributed by atoms with E-state index in [2.05, 4.69) is 0 Å². The van der Waals surface area contributed by atoms with Gasteiger partial charge in [0.1, 0.15) is 11.6 Å². The van der Waals surface area contributed by atoms with E-state index in [0.29, 0.717) is 12.2 Å². The number of fused-ring (bicyclic) bond motifs is 1. The lowest BCUT2D eigenvalue weighted by atomic mass is 9.88. The van der Waals surface area contributed by atoms with Crippen molar-refractivity contribution < 1.29 is 13.9 Å². The number of halogens is 1. The highest BCUT2D eigenvalue weighted by molar-refractivity contribution is 5.45. The molecule has 2 N–H and O–H groups in total. The van der Waals surface area contributed by atoms with Gasteiger partial charge >= 0.3 is 0 Å². The van der Waals surface area contributed by atoms with Crippen LogP contribution in [-0.2, 0) is 16.8 Å². The molecule has 1 aliphatic heterocycles. The molecule has 92 valence electrons.